The normalized spacial score (nSPS) is 14.3. The van der Waals surface area contributed by atoms with Crippen LogP contribution in [-0.2, 0) is 6.54 Å². The van der Waals surface area contributed by atoms with Gasteiger partial charge < -0.3 is 19.7 Å². The number of hydrogen-bond donors (Lipinski definition) is 1. The van der Waals surface area contributed by atoms with Gasteiger partial charge in [0.1, 0.15) is 17.2 Å². The summed E-state index contributed by atoms with van der Waals surface area (Å²) in [5, 5.41) is 5.69. The second-order valence-electron chi connectivity index (χ2n) is 7.28. The third kappa shape index (κ3) is 5.15. The molecule has 4 rings (SSSR count). The second-order valence-corrected chi connectivity index (χ2v) is 8.14. The third-order valence-corrected chi connectivity index (χ3v) is 6.04. The number of carbonyl (C=O) groups is 1. The number of aromatic nitrogens is 1. The molecule has 0 bridgehead atoms. The molecule has 2 heterocycles. The number of benzene rings is 2. The van der Waals surface area contributed by atoms with E-state index in [9.17, 15) is 4.79 Å². The molecule has 8 heteroatoms. The summed E-state index contributed by atoms with van der Waals surface area (Å²) in [4.78, 5) is 21.7. The summed E-state index contributed by atoms with van der Waals surface area (Å²) >= 11 is 1.40. The Morgan fingerprint density at radius 1 is 1.06 bits per heavy atom. The van der Waals surface area contributed by atoms with Crippen LogP contribution < -0.4 is 14.8 Å². The van der Waals surface area contributed by atoms with Gasteiger partial charge in [-0.15, -0.1) is 11.3 Å². The predicted molar refractivity (Wildman–Crippen MR) is 123 cm³/mol. The summed E-state index contributed by atoms with van der Waals surface area (Å²) in [6.45, 7) is 4.05. The molecular weight excluding hydrogens is 412 g/mol. The first kappa shape index (κ1) is 21.1. The highest BCUT2D eigenvalue weighted by Gasteiger charge is 2.24. The number of thiazole rings is 1. The Labute approximate surface area is 186 Å². The average molecular weight is 439 g/mol. The van der Waals surface area contributed by atoms with E-state index in [0.717, 1.165) is 25.3 Å². The molecule has 0 spiro atoms. The molecule has 1 fully saturated rings. The Morgan fingerprint density at radius 3 is 2.55 bits per heavy atom. The van der Waals surface area contributed by atoms with Crippen LogP contribution in [0.15, 0.2) is 53.9 Å². The van der Waals surface area contributed by atoms with E-state index in [1.807, 2.05) is 23.1 Å². The van der Waals surface area contributed by atoms with Crippen molar-refractivity contribution in [1.29, 1.82) is 0 Å². The Hall–Kier alpha value is -3.10. The van der Waals surface area contributed by atoms with E-state index >= 15 is 0 Å². The van der Waals surface area contributed by atoms with Crippen molar-refractivity contribution in [3.63, 3.8) is 0 Å². The molecule has 1 saturated heterocycles. The van der Waals surface area contributed by atoms with Gasteiger partial charge in [0.05, 0.1) is 19.9 Å². The minimum atomic E-state index is -0.0228. The lowest BCUT2D eigenvalue weighted by Crippen LogP contribution is -2.48. The summed E-state index contributed by atoms with van der Waals surface area (Å²) in [6.07, 6.45) is 0. The fourth-order valence-electron chi connectivity index (χ4n) is 3.56. The Kier molecular flexibility index (Phi) is 6.69. The van der Waals surface area contributed by atoms with E-state index in [0.29, 0.717) is 35.4 Å². The summed E-state index contributed by atoms with van der Waals surface area (Å²) in [7, 11) is 3.22. The molecule has 7 nitrogen and oxygen atoms in total. The van der Waals surface area contributed by atoms with Gasteiger partial charge in [-0.25, -0.2) is 4.98 Å². The number of carbonyl (C=O) groups excluding carboxylic acids is 1. The van der Waals surface area contributed by atoms with E-state index < -0.39 is 0 Å². The highest BCUT2D eigenvalue weighted by Crippen LogP contribution is 2.32. The van der Waals surface area contributed by atoms with E-state index in [-0.39, 0.29) is 5.91 Å². The minimum absolute atomic E-state index is 0.0228. The zero-order valence-corrected chi connectivity index (χ0v) is 18.5. The zero-order chi connectivity index (χ0) is 21.6. The fraction of sp³-hybridized carbons (Fsp3) is 0.304. The van der Waals surface area contributed by atoms with Crippen molar-refractivity contribution in [1.82, 2.24) is 14.8 Å². The molecule has 1 amide bonds. The number of nitrogens with zero attached hydrogens (tertiary/aromatic N) is 3. The Morgan fingerprint density at radius 2 is 1.84 bits per heavy atom. The summed E-state index contributed by atoms with van der Waals surface area (Å²) in [6, 6.07) is 15.9. The van der Waals surface area contributed by atoms with E-state index in [1.54, 1.807) is 25.7 Å². The van der Waals surface area contributed by atoms with Crippen LogP contribution in [0.4, 0.5) is 10.8 Å². The predicted octanol–water partition coefficient (Wildman–Crippen LogP) is 3.86. The first-order valence-electron chi connectivity index (χ1n) is 10.2. The average Bonchev–Trinajstić information content (AvgIpc) is 3.28. The molecular formula is C23H26N4O3S. The topological polar surface area (TPSA) is 66.9 Å². The van der Waals surface area contributed by atoms with Gasteiger partial charge in [0.15, 0.2) is 5.13 Å². The fourth-order valence-corrected chi connectivity index (χ4v) is 4.26. The largest absolute Gasteiger partial charge is 0.497 e. The Balaban J connectivity index is 1.35. The number of ether oxygens (including phenoxy) is 2. The molecule has 1 N–H and O–H groups in total. The van der Waals surface area contributed by atoms with Crippen molar-refractivity contribution >= 4 is 28.1 Å². The molecule has 31 heavy (non-hydrogen) atoms. The molecule has 0 unspecified atom stereocenters. The minimum Gasteiger partial charge on any atom is -0.497 e. The number of methoxy groups -OCH3 is 2. The summed E-state index contributed by atoms with van der Waals surface area (Å²) in [5.74, 6) is 1.34. The van der Waals surface area contributed by atoms with Gasteiger partial charge in [0.25, 0.3) is 5.91 Å². The van der Waals surface area contributed by atoms with Crippen LogP contribution in [-0.4, -0.2) is 61.1 Å². The van der Waals surface area contributed by atoms with Crippen LogP contribution in [0.2, 0.25) is 0 Å². The number of hydrogen-bond acceptors (Lipinski definition) is 7. The van der Waals surface area contributed by atoms with Crippen LogP contribution in [0.25, 0.3) is 0 Å². The number of rotatable bonds is 7. The van der Waals surface area contributed by atoms with E-state index in [2.05, 4.69) is 39.5 Å². The maximum Gasteiger partial charge on any atom is 0.273 e. The maximum absolute atomic E-state index is 12.9. The van der Waals surface area contributed by atoms with Gasteiger partial charge >= 0.3 is 0 Å². The van der Waals surface area contributed by atoms with Crippen LogP contribution in [0.1, 0.15) is 16.1 Å². The van der Waals surface area contributed by atoms with Crippen molar-refractivity contribution in [3.8, 4) is 11.5 Å². The SMILES string of the molecule is COc1ccc(Nc2nc(C(=O)N3CCN(Cc4ccccc4)CC3)cs2)c(OC)c1. The lowest BCUT2D eigenvalue weighted by Gasteiger charge is -2.34. The highest BCUT2D eigenvalue weighted by atomic mass is 32.1. The first-order valence-corrected chi connectivity index (χ1v) is 11.0. The smallest absolute Gasteiger partial charge is 0.273 e. The van der Waals surface area contributed by atoms with Gasteiger partial charge in [-0.3, -0.25) is 9.69 Å². The molecule has 0 saturated carbocycles. The van der Waals surface area contributed by atoms with Crippen molar-refractivity contribution < 1.29 is 14.3 Å². The van der Waals surface area contributed by atoms with Gasteiger partial charge in [0.2, 0.25) is 0 Å². The number of nitrogens with one attached hydrogen (secondary N) is 1. The van der Waals surface area contributed by atoms with Gasteiger partial charge in [-0.1, -0.05) is 30.3 Å². The highest BCUT2D eigenvalue weighted by molar-refractivity contribution is 7.14. The van der Waals surface area contributed by atoms with Gasteiger partial charge in [-0.05, 0) is 17.7 Å². The second kappa shape index (κ2) is 9.80. The van der Waals surface area contributed by atoms with Crippen molar-refractivity contribution in [2.45, 2.75) is 6.54 Å². The lowest BCUT2D eigenvalue weighted by molar-refractivity contribution is 0.0623. The molecule has 3 aromatic rings. The van der Waals surface area contributed by atoms with Gasteiger partial charge in [-0.2, -0.15) is 0 Å². The standard InChI is InChI=1S/C23H26N4O3S/c1-29-18-8-9-19(21(14-18)30-2)24-23-25-20(16-31-23)22(28)27-12-10-26(11-13-27)15-17-6-4-3-5-7-17/h3-9,14,16H,10-13,15H2,1-2H3,(H,24,25). The lowest BCUT2D eigenvalue weighted by atomic mass is 10.2. The third-order valence-electron chi connectivity index (χ3n) is 5.28. The number of anilines is 2. The maximum atomic E-state index is 12.9. The molecule has 1 aliphatic heterocycles. The molecule has 162 valence electrons. The van der Waals surface area contributed by atoms with Crippen molar-refractivity contribution in [2.75, 3.05) is 45.7 Å². The van der Waals surface area contributed by atoms with Crippen LogP contribution in [0, 0.1) is 0 Å². The van der Waals surface area contributed by atoms with Crippen molar-refractivity contribution in [3.05, 3.63) is 65.2 Å². The summed E-state index contributed by atoms with van der Waals surface area (Å²) in [5.41, 5.74) is 2.54. The van der Waals surface area contributed by atoms with Crippen LogP contribution in [0.3, 0.4) is 0 Å². The monoisotopic (exact) mass is 438 g/mol. The quantitative estimate of drug-likeness (QED) is 0.604. The van der Waals surface area contributed by atoms with Crippen LogP contribution in [0.5, 0.6) is 11.5 Å². The Bertz CT molecular complexity index is 1020. The van der Waals surface area contributed by atoms with Gasteiger partial charge in [0, 0.05) is 44.2 Å². The molecule has 1 aromatic heterocycles. The number of piperazine rings is 1. The zero-order valence-electron chi connectivity index (χ0n) is 17.7. The number of amides is 1. The van der Waals surface area contributed by atoms with Crippen molar-refractivity contribution in [2.24, 2.45) is 0 Å². The first-order chi connectivity index (χ1) is 15.2. The molecule has 0 radical (unpaired) electrons. The van der Waals surface area contributed by atoms with Crippen LogP contribution >= 0.6 is 11.3 Å². The summed E-state index contributed by atoms with van der Waals surface area (Å²) < 4.78 is 10.6. The molecule has 1 aliphatic rings. The molecule has 2 aromatic carbocycles. The molecule has 0 aliphatic carbocycles. The van der Waals surface area contributed by atoms with E-state index in [1.165, 1.54) is 16.9 Å². The molecule has 0 atom stereocenters. The van der Waals surface area contributed by atoms with E-state index in [4.69, 9.17) is 9.47 Å².